The number of anilines is 1. The highest BCUT2D eigenvalue weighted by Crippen LogP contribution is 2.33. The second kappa shape index (κ2) is 13.2. The number of aliphatic carboxylic acids is 1. The van der Waals surface area contributed by atoms with Gasteiger partial charge < -0.3 is 15.7 Å². The molecule has 5 rings (SSSR count). The van der Waals surface area contributed by atoms with Gasteiger partial charge in [-0.05, 0) is 78.6 Å². The van der Waals surface area contributed by atoms with Crippen LogP contribution in [0, 0.1) is 5.92 Å². The number of carbonyl (C=O) groups is 3. The molecule has 2 heterocycles. The SMILES string of the molecule is O=C(CC1CCCC1)Nc1ccc(Cl)c(N=C2NC(=O)/C(=C/c3ccc4ncccc4c3)S2)c1.O=C(O)C(F)(F)F. The van der Waals surface area contributed by atoms with Crippen LogP contribution in [-0.4, -0.2) is 39.2 Å². The van der Waals surface area contributed by atoms with Crippen molar-refractivity contribution >= 4 is 74.7 Å². The molecule has 41 heavy (non-hydrogen) atoms. The lowest BCUT2D eigenvalue weighted by Crippen LogP contribution is -2.21. The molecule has 0 spiro atoms. The Morgan fingerprint density at radius 2 is 1.90 bits per heavy atom. The van der Waals surface area contributed by atoms with E-state index in [1.807, 2.05) is 36.4 Å². The molecule has 1 aliphatic carbocycles. The predicted molar refractivity (Wildman–Crippen MR) is 153 cm³/mol. The van der Waals surface area contributed by atoms with Crippen LogP contribution in [0.2, 0.25) is 5.02 Å². The highest BCUT2D eigenvalue weighted by atomic mass is 35.5. The number of amidine groups is 1. The molecule has 2 amide bonds. The van der Waals surface area contributed by atoms with E-state index in [0.717, 1.165) is 29.3 Å². The summed E-state index contributed by atoms with van der Waals surface area (Å²) >= 11 is 7.60. The van der Waals surface area contributed by atoms with E-state index in [0.29, 0.717) is 38.8 Å². The molecule has 2 aliphatic rings. The largest absolute Gasteiger partial charge is 0.490 e. The molecule has 0 atom stereocenters. The van der Waals surface area contributed by atoms with Crippen molar-refractivity contribution < 1.29 is 32.7 Å². The second-order valence-electron chi connectivity index (χ2n) is 9.31. The number of carboxylic acid groups (broad SMARTS) is 1. The van der Waals surface area contributed by atoms with Gasteiger partial charge in [-0.15, -0.1) is 0 Å². The van der Waals surface area contributed by atoms with E-state index in [9.17, 15) is 22.8 Å². The maximum absolute atomic E-state index is 12.5. The molecular weight excluding hydrogens is 581 g/mol. The molecule has 2 fully saturated rings. The number of carbonyl (C=O) groups excluding carboxylic acids is 2. The van der Waals surface area contributed by atoms with Crippen molar-refractivity contribution in [3.63, 3.8) is 0 Å². The molecule has 3 aromatic rings. The number of nitrogens with zero attached hydrogens (tertiary/aromatic N) is 2. The molecule has 13 heteroatoms. The molecule has 1 aromatic heterocycles. The highest BCUT2D eigenvalue weighted by molar-refractivity contribution is 8.18. The van der Waals surface area contributed by atoms with Crippen LogP contribution in [0.1, 0.15) is 37.7 Å². The third kappa shape index (κ3) is 8.54. The average Bonchev–Trinajstić information content (AvgIpc) is 3.55. The summed E-state index contributed by atoms with van der Waals surface area (Å²) in [4.78, 5) is 43.2. The third-order valence-corrected chi connectivity index (χ3v) is 7.45. The van der Waals surface area contributed by atoms with Gasteiger partial charge in [0.1, 0.15) is 0 Å². The number of amides is 2. The monoisotopic (exact) mass is 604 g/mol. The van der Waals surface area contributed by atoms with Gasteiger partial charge in [0.15, 0.2) is 5.17 Å². The minimum Gasteiger partial charge on any atom is -0.475 e. The fourth-order valence-electron chi connectivity index (χ4n) is 4.29. The molecule has 1 saturated heterocycles. The lowest BCUT2D eigenvalue weighted by atomic mass is 10.0. The number of halogens is 4. The number of hydrogen-bond donors (Lipinski definition) is 3. The van der Waals surface area contributed by atoms with E-state index in [4.69, 9.17) is 21.5 Å². The number of alkyl halides is 3. The number of pyridine rings is 1. The minimum absolute atomic E-state index is 0.00664. The Bertz CT molecular complexity index is 1540. The molecule has 1 saturated carbocycles. The van der Waals surface area contributed by atoms with Crippen LogP contribution in [0.25, 0.3) is 17.0 Å². The Morgan fingerprint density at radius 1 is 1.17 bits per heavy atom. The maximum atomic E-state index is 12.5. The van der Waals surface area contributed by atoms with Gasteiger partial charge in [-0.1, -0.05) is 36.6 Å². The number of carboxylic acids is 1. The van der Waals surface area contributed by atoms with Crippen molar-refractivity contribution in [2.24, 2.45) is 10.9 Å². The third-order valence-electron chi connectivity index (χ3n) is 6.22. The zero-order valence-electron chi connectivity index (χ0n) is 21.4. The number of benzene rings is 2. The standard InChI is InChI=1S/C26H23ClN4O2S.C2HF3O2/c27-20-9-8-19(29-24(32)14-16-4-1-2-5-16)15-22(20)30-26-31-25(33)23(34-26)13-17-7-10-21-18(12-17)6-3-11-28-21;3-2(4,5)1(6)7/h3,6-13,15-16H,1-2,4-5,14H2,(H,29,32)(H,30,31,33);(H,6,7)/b23-13-;. The van der Waals surface area contributed by atoms with E-state index in [2.05, 4.69) is 20.6 Å². The van der Waals surface area contributed by atoms with E-state index >= 15 is 0 Å². The fourth-order valence-corrected chi connectivity index (χ4v) is 5.28. The number of aromatic nitrogens is 1. The van der Waals surface area contributed by atoms with Crippen molar-refractivity contribution in [3.8, 4) is 0 Å². The number of hydrogen-bond acceptors (Lipinski definition) is 6. The summed E-state index contributed by atoms with van der Waals surface area (Å²) in [6.07, 6.45) is 3.70. The van der Waals surface area contributed by atoms with E-state index in [1.165, 1.54) is 24.6 Å². The average molecular weight is 605 g/mol. The van der Waals surface area contributed by atoms with Gasteiger partial charge in [-0.3, -0.25) is 14.6 Å². The summed E-state index contributed by atoms with van der Waals surface area (Å²) in [5.74, 6) is -2.49. The molecule has 8 nitrogen and oxygen atoms in total. The quantitative estimate of drug-likeness (QED) is 0.272. The topological polar surface area (TPSA) is 121 Å². The van der Waals surface area contributed by atoms with Crippen LogP contribution < -0.4 is 10.6 Å². The first-order chi connectivity index (χ1) is 19.5. The van der Waals surface area contributed by atoms with Crippen molar-refractivity contribution in [3.05, 3.63) is 70.2 Å². The first-order valence-electron chi connectivity index (χ1n) is 12.5. The normalized spacial score (nSPS) is 17.4. The Kier molecular flexibility index (Phi) is 9.66. The van der Waals surface area contributed by atoms with Crippen molar-refractivity contribution in [1.82, 2.24) is 10.3 Å². The molecule has 0 bridgehead atoms. The fraction of sp³-hybridized carbons (Fsp3) is 0.250. The summed E-state index contributed by atoms with van der Waals surface area (Å²) in [6, 6.07) is 14.9. The minimum atomic E-state index is -5.08. The molecule has 2 aromatic carbocycles. The lowest BCUT2D eigenvalue weighted by Gasteiger charge is -2.10. The summed E-state index contributed by atoms with van der Waals surface area (Å²) in [6.45, 7) is 0. The Hall–Kier alpha value is -3.90. The van der Waals surface area contributed by atoms with Crippen LogP contribution in [0.4, 0.5) is 24.5 Å². The molecular formula is C28H24ClF3N4O4S. The van der Waals surface area contributed by atoms with Crippen molar-refractivity contribution in [2.45, 2.75) is 38.3 Å². The van der Waals surface area contributed by atoms with Gasteiger partial charge in [-0.2, -0.15) is 13.2 Å². The first-order valence-corrected chi connectivity index (χ1v) is 13.7. The number of aliphatic imine (C=N–C) groups is 1. The van der Waals surface area contributed by atoms with Crippen molar-refractivity contribution in [2.75, 3.05) is 5.32 Å². The van der Waals surface area contributed by atoms with Crippen molar-refractivity contribution in [1.29, 1.82) is 0 Å². The summed E-state index contributed by atoms with van der Waals surface area (Å²) in [5.41, 5.74) is 2.94. The van der Waals surface area contributed by atoms with Crippen LogP contribution in [-0.2, 0) is 14.4 Å². The Balaban J connectivity index is 0.000000493. The Morgan fingerprint density at radius 3 is 2.61 bits per heavy atom. The molecule has 0 radical (unpaired) electrons. The van der Waals surface area contributed by atoms with E-state index in [1.54, 1.807) is 24.4 Å². The number of fused-ring (bicyclic) bond motifs is 1. The first kappa shape index (κ1) is 30.1. The van der Waals surface area contributed by atoms with Crippen LogP contribution in [0.15, 0.2) is 64.6 Å². The summed E-state index contributed by atoms with van der Waals surface area (Å²) in [5, 5.41) is 14.8. The van der Waals surface area contributed by atoms with Gasteiger partial charge in [0.05, 0.1) is 21.1 Å². The Labute approximate surface area is 242 Å². The molecule has 214 valence electrons. The van der Waals surface area contributed by atoms with Crippen LogP contribution in [0.5, 0.6) is 0 Å². The smallest absolute Gasteiger partial charge is 0.475 e. The molecule has 3 N–H and O–H groups in total. The van der Waals surface area contributed by atoms with Gasteiger partial charge in [-0.25, -0.2) is 9.79 Å². The maximum Gasteiger partial charge on any atom is 0.490 e. The van der Waals surface area contributed by atoms with Gasteiger partial charge in [0, 0.05) is 23.7 Å². The zero-order chi connectivity index (χ0) is 29.6. The van der Waals surface area contributed by atoms with E-state index < -0.39 is 12.1 Å². The van der Waals surface area contributed by atoms with Crippen LogP contribution in [0.3, 0.4) is 0 Å². The van der Waals surface area contributed by atoms with Gasteiger partial charge in [0.25, 0.3) is 5.91 Å². The predicted octanol–water partition coefficient (Wildman–Crippen LogP) is 6.93. The molecule has 1 aliphatic heterocycles. The van der Waals surface area contributed by atoms with Crippen LogP contribution >= 0.6 is 23.4 Å². The van der Waals surface area contributed by atoms with E-state index in [-0.39, 0.29) is 11.8 Å². The number of thioether (sulfide) groups is 1. The lowest BCUT2D eigenvalue weighted by molar-refractivity contribution is -0.192. The highest BCUT2D eigenvalue weighted by Gasteiger charge is 2.38. The summed E-state index contributed by atoms with van der Waals surface area (Å²) < 4.78 is 31.7. The zero-order valence-corrected chi connectivity index (χ0v) is 22.9. The summed E-state index contributed by atoms with van der Waals surface area (Å²) in [7, 11) is 0. The second-order valence-corrected chi connectivity index (χ2v) is 10.7. The number of rotatable bonds is 5. The van der Waals surface area contributed by atoms with Gasteiger partial charge >= 0.3 is 12.1 Å². The molecule has 0 unspecified atom stereocenters. The van der Waals surface area contributed by atoms with Gasteiger partial charge in [0.2, 0.25) is 5.91 Å². The number of nitrogens with one attached hydrogen (secondary N) is 2.